The van der Waals surface area contributed by atoms with E-state index in [1.54, 1.807) is 0 Å². The smallest absolute Gasteiger partial charge is 0.132 e. The maximum atomic E-state index is 9.29. The topological polar surface area (TPSA) is 47.3 Å². The maximum Gasteiger partial charge on any atom is 0.132 e. The summed E-state index contributed by atoms with van der Waals surface area (Å²) >= 11 is 0. The lowest BCUT2D eigenvalue weighted by atomic mass is 9.96. The number of aliphatic hydroxyl groups excluding tert-OH is 1. The van der Waals surface area contributed by atoms with E-state index in [0.717, 1.165) is 17.0 Å². The number of hydrogen-bond acceptors (Lipinski definition) is 3. The Labute approximate surface area is 125 Å². The molecule has 1 aromatic carbocycles. The van der Waals surface area contributed by atoms with E-state index >= 15 is 0 Å². The predicted molar refractivity (Wildman–Crippen MR) is 81.0 cm³/mol. The molecule has 4 heteroatoms. The summed E-state index contributed by atoms with van der Waals surface area (Å²) in [4.78, 5) is 0. The summed E-state index contributed by atoms with van der Waals surface area (Å²) in [6.07, 6.45) is 8.49. The van der Waals surface area contributed by atoms with E-state index in [9.17, 15) is 5.11 Å². The lowest BCUT2D eigenvalue weighted by molar-refractivity contribution is 0.255. The molecule has 4 nitrogen and oxygen atoms in total. The van der Waals surface area contributed by atoms with Gasteiger partial charge in [-0.3, -0.25) is 4.68 Å². The first-order chi connectivity index (χ1) is 10.4. The van der Waals surface area contributed by atoms with Gasteiger partial charge in [-0.25, -0.2) is 0 Å². The average Bonchev–Trinajstić information content (AvgIpc) is 3.03. The van der Waals surface area contributed by atoms with Crippen molar-refractivity contribution in [2.45, 2.75) is 51.4 Å². The van der Waals surface area contributed by atoms with Crippen LogP contribution in [0.15, 0.2) is 36.5 Å². The highest BCUT2D eigenvalue weighted by molar-refractivity contribution is 5.32. The van der Waals surface area contributed by atoms with Gasteiger partial charge in [-0.2, -0.15) is 5.10 Å². The highest BCUT2D eigenvalue weighted by Crippen LogP contribution is 2.27. The van der Waals surface area contributed by atoms with E-state index in [1.807, 2.05) is 30.3 Å². The number of aliphatic hydroxyl groups is 1. The van der Waals surface area contributed by atoms with Crippen molar-refractivity contribution in [3.05, 3.63) is 47.8 Å². The van der Waals surface area contributed by atoms with Gasteiger partial charge in [0, 0.05) is 11.8 Å². The molecule has 2 aromatic rings. The van der Waals surface area contributed by atoms with E-state index in [2.05, 4.69) is 16.0 Å². The van der Waals surface area contributed by atoms with Crippen LogP contribution in [-0.4, -0.2) is 14.9 Å². The van der Waals surface area contributed by atoms with Crippen molar-refractivity contribution in [2.24, 2.45) is 0 Å². The Hall–Kier alpha value is -1.81. The third-order valence-electron chi connectivity index (χ3n) is 4.13. The van der Waals surface area contributed by atoms with Gasteiger partial charge in [0.2, 0.25) is 0 Å². The van der Waals surface area contributed by atoms with Crippen molar-refractivity contribution in [1.29, 1.82) is 0 Å². The van der Waals surface area contributed by atoms with Crippen LogP contribution in [-0.2, 0) is 13.2 Å². The monoisotopic (exact) mass is 286 g/mol. The number of benzene rings is 1. The van der Waals surface area contributed by atoms with Crippen LogP contribution in [0.2, 0.25) is 0 Å². The highest BCUT2D eigenvalue weighted by atomic mass is 16.5. The number of aromatic nitrogens is 2. The van der Waals surface area contributed by atoms with Crippen LogP contribution >= 0.6 is 0 Å². The number of ether oxygens (including phenoxy) is 1. The summed E-state index contributed by atoms with van der Waals surface area (Å²) in [5.41, 5.74) is 1.75. The van der Waals surface area contributed by atoms with Crippen molar-refractivity contribution in [2.75, 3.05) is 0 Å². The molecule has 1 N–H and O–H groups in total. The Bertz CT molecular complexity index is 574. The Morgan fingerprint density at radius 1 is 1.14 bits per heavy atom. The minimum Gasteiger partial charge on any atom is -0.487 e. The molecule has 0 radical (unpaired) electrons. The normalized spacial score (nSPS) is 16.0. The van der Waals surface area contributed by atoms with Crippen LogP contribution in [0.5, 0.6) is 5.75 Å². The number of hydrogen-bond donors (Lipinski definition) is 1. The Balaban J connectivity index is 1.62. The maximum absolute atomic E-state index is 9.29. The summed E-state index contributed by atoms with van der Waals surface area (Å²) in [6.45, 7) is 0.434. The van der Waals surface area contributed by atoms with Gasteiger partial charge >= 0.3 is 0 Å². The van der Waals surface area contributed by atoms with Crippen LogP contribution in [0, 0.1) is 0 Å². The summed E-state index contributed by atoms with van der Waals surface area (Å²) in [7, 11) is 0. The second-order valence-electron chi connectivity index (χ2n) is 5.63. The fourth-order valence-electron chi connectivity index (χ4n) is 2.93. The van der Waals surface area contributed by atoms with Gasteiger partial charge in [-0.1, -0.05) is 37.5 Å². The summed E-state index contributed by atoms with van der Waals surface area (Å²) in [5.74, 6) is 0.729. The quantitative estimate of drug-likeness (QED) is 0.915. The largest absolute Gasteiger partial charge is 0.487 e. The van der Waals surface area contributed by atoms with Crippen LogP contribution in [0.1, 0.15) is 49.4 Å². The molecule has 3 rings (SSSR count). The molecule has 1 fully saturated rings. The molecule has 112 valence electrons. The van der Waals surface area contributed by atoms with Gasteiger partial charge in [0.25, 0.3) is 0 Å². The number of para-hydroxylation sites is 1. The average molecular weight is 286 g/mol. The molecule has 0 unspecified atom stereocenters. The Kier molecular flexibility index (Phi) is 4.55. The first kappa shape index (κ1) is 14.1. The lowest BCUT2D eigenvalue weighted by Gasteiger charge is -2.21. The van der Waals surface area contributed by atoms with Crippen molar-refractivity contribution < 1.29 is 9.84 Å². The minimum atomic E-state index is -0.00725. The molecule has 1 aliphatic rings. The third kappa shape index (κ3) is 3.45. The second kappa shape index (κ2) is 6.76. The zero-order valence-corrected chi connectivity index (χ0v) is 12.2. The molecule has 1 heterocycles. The summed E-state index contributed by atoms with van der Waals surface area (Å²) in [6, 6.07) is 10.1. The van der Waals surface area contributed by atoms with Crippen molar-refractivity contribution in [3.63, 3.8) is 0 Å². The van der Waals surface area contributed by atoms with E-state index in [0.29, 0.717) is 12.6 Å². The number of nitrogens with zero attached hydrogens (tertiary/aromatic N) is 2. The molecule has 21 heavy (non-hydrogen) atoms. The van der Waals surface area contributed by atoms with Crippen molar-refractivity contribution in [1.82, 2.24) is 9.78 Å². The molecule has 0 aliphatic heterocycles. The van der Waals surface area contributed by atoms with Gasteiger partial charge < -0.3 is 9.84 Å². The first-order valence-corrected chi connectivity index (χ1v) is 7.72. The zero-order chi connectivity index (χ0) is 14.5. The van der Waals surface area contributed by atoms with Crippen LogP contribution in [0.3, 0.4) is 0 Å². The van der Waals surface area contributed by atoms with Crippen LogP contribution < -0.4 is 4.74 Å². The second-order valence-corrected chi connectivity index (χ2v) is 5.63. The standard InChI is InChI=1S/C17H22N2O2/c20-12-14-6-4-5-9-17(14)21-13-15-10-11-19(18-15)16-7-2-1-3-8-16/h4-6,9-11,16,20H,1-3,7-8,12-13H2. The Morgan fingerprint density at radius 2 is 1.95 bits per heavy atom. The van der Waals surface area contributed by atoms with Gasteiger partial charge in [0.1, 0.15) is 12.4 Å². The van der Waals surface area contributed by atoms with Gasteiger partial charge in [-0.05, 0) is 25.0 Å². The van der Waals surface area contributed by atoms with Gasteiger partial charge in [0.05, 0.1) is 18.3 Å². The van der Waals surface area contributed by atoms with Crippen LogP contribution in [0.25, 0.3) is 0 Å². The van der Waals surface area contributed by atoms with Gasteiger partial charge in [0.15, 0.2) is 0 Å². The minimum absolute atomic E-state index is 0.00725. The highest BCUT2D eigenvalue weighted by Gasteiger charge is 2.16. The molecule has 0 saturated heterocycles. The van der Waals surface area contributed by atoms with E-state index in [-0.39, 0.29) is 6.61 Å². The molecule has 0 amide bonds. The van der Waals surface area contributed by atoms with Crippen molar-refractivity contribution in [3.8, 4) is 5.75 Å². The molecule has 0 atom stereocenters. The molecule has 1 aliphatic carbocycles. The number of rotatable bonds is 5. The third-order valence-corrected chi connectivity index (χ3v) is 4.13. The predicted octanol–water partition coefficient (Wildman–Crippen LogP) is 3.46. The molecule has 1 saturated carbocycles. The summed E-state index contributed by atoms with van der Waals surface area (Å²) in [5, 5.41) is 13.9. The van der Waals surface area contributed by atoms with Crippen molar-refractivity contribution >= 4 is 0 Å². The molecule has 1 aromatic heterocycles. The zero-order valence-electron chi connectivity index (χ0n) is 12.2. The van der Waals surface area contributed by atoms with E-state index in [1.165, 1.54) is 32.1 Å². The SMILES string of the molecule is OCc1ccccc1OCc1ccn(C2CCCCC2)n1. The fraction of sp³-hybridized carbons (Fsp3) is 0.471. The van der Waals surface area contributed by atoms with E-state index in [4.69, 9.17) is 4.74 Å². The molecular weight excluding hydrogens is 264 g/mol. The summed E-state index contributed by atoms with van der Waals surface area (Å²) < 4.78 is 7.87. The van der Waals surface area contributed by atoms with Crippen LogP contribution in [0.4, 0.5) is 0 Å². The molecular formula is C17H22N2O2. The Morgan fingerprint density at radius 3 is 2.76 bits per heavy atom. The first-order valence-electron chi connectivity index (χ1n) is 7.72. The van der Waals surface area contributed by atoms with Gasteiger partial charge in [-0.15, -0.1) is 0 Å². The molecule has 0 spiro atoms. The lowest BCUT2D eigenvalue weighted by Crippen LogP contribution is -2.13. The van der Waals surface area contributed by atoms with E-state index < -0.39 is 0 Å². The molecule has 0 bridgehead atoms. The fourth-order valence-corrected chi connectivity index (χ4v) is 2.93.